The topological polar surface area (TPSA) is 45.2 Å². The molecular weight excluding hydrogens is 379 g/mol. The molecule has 7 heteroatoms. The highest BCUT2D eigenvalue weighted by Gasteiger charge is 2.32. The summed E-state index contributed by atoms with van der Waals surface area (Å²) in [6.07, 6.45) is 1.39. The molecule has 1 aliphatic carbocycles. The Morgan fingerprint density at radius 1 is 1.10 bits per heavy atom. The molecule has 1 N–H and O–H groups in total. The molecule has 1 aromatic heterocycles. The van der Waals surface area contributed by atoms with Crippen LogP contribution in [0.1, 0.15) is 48.4 Å². The number of anilines is 1. The monoisotopic (exact) mass is 403 g/mol. The summed E-state index contributed by atoms with van der Waals surface area (Å²) >= 11 is 0. The summed E-state index contributed by atoms with van der Waals surface area (Å²) in [5.74, 6) is 0.673. The Bertz CT molecular complexity index is 845. The lowest BCUT2D eigenvalue weighted by atomic mass is 10.0. The first-order valence-electron chi connectivity index (χ1n) is 10.0. The normalized spacial score (nSPS) is 19.8. The van der Waals surface area contributed by atoms with E-state index >= 15 is 0 Å². The van der Waals surface area contributed by atoms with E-state index in [1.54, 1.807) is 0 Å². The van der Waals surface area contributed by atoms with Gasteiger partial charge in [0.05, 0.1) is 18.3 Å². The van der Waals surface area contributed by atoms with Gasteiger partial charge in [0.25, 0.3) is 0 Å². The molecule has 1 saturated carbocycles. The molecule has 154 valence electrons. The van der Waals surface area contributed by atoms with Crippen LogP contribution in [0.3, 0.4) is 0 Å². The van der Waals surface area contributed by atoms with E-state index < -0.39 is 11.9 Å². The van der Waals surface area contributed by atoms with E-state index in [0.29, 0.717) is 24.6 Å². The molecule has 4 rings (SSSR count). The molecule has 2 heterocycles. The van der Waals surface area contributed by atoms with Crippen molar-refractivity contribution in [2.45, 2.75) is 50.2 Å². The number of rotatable bonds is 5. The van der Waals surface area contributed by atoms with Crippen LogP contribution in [-0.2, 0) is 17.4 Å². The molecule has 0 bridgehead atoms. The van der Waals surface area contributed by atoms with Gasteiger partial charge in [-0.1, -0.05) is 24.3 Å². The van der Waals surface area contributed by atoms with E-state index in [4.69, 9.17) is 0 Å². The molecule has 1 saturated heterocycles. The molecule has 4 nitrogen and oxygen atoms in total. The summed E-state index contributed by atoms with van der Waals surface area (Å²) in [5.41, 5.74) is 2.09. The van der Waals surface area contributed by atoms with Gasteiger partial charge in [0.15, 0.2) is 0 Å². The number of hydrogen-bond donors (Lipinski definition) is 1. The van der Waals surface area contributed by atoms with Gasteiger partial charge in [-0.05, 0) is 54.9 Å². The summed E-state index contributed by atoms with van der Waals surface area (Å²) in [4.78, 5) is 18.0. The highest BCUT2D eigenvalue weighted by molar-refractivity contribution is 5.79. The average molecular weight is 403 g/mol. The van der Waals surface area contributed by atoms with Crippen molar-refractivity contribution in [3.63, 3.8) is 0 Å². The maximum atomic E-state index is 12.7. The number of benzene rings is 1. The molecular formula is C22H24F3N3O. The van der Waals surface area contributed by atoms with Crippen LogP contribution in [-0.4, -0.2) is 30.0 Å². The van der Waals surface area contributed by atoms with Crippen LogP contribution >= 0.6 is 0 Å². The quantitative estimate of drug-likeness (QED) is 0.809. The van der Waals surface area contributed by atoms with Crippen LogP contribution in [0.4, 0.5) is 18.9 Å². The number of alkyl halides is 3. The van der Waals surface area contributed by atoms with Gasteiger partial charge < -0.3 is 10.2 Å². The minimum atomic E-state index is -4.44. The molecule has 2 aliphatic rings. The number of hydrogen-bond acceptors (Lipinski definition) is 3. The lowest BCUT2D eigenvalue weighted by Crippen LogP contribution is -2.48. The Kier molecular flexibility index (Phi) is 5.48. The van der Waals surface area contributed by atoms with Crippen molar-refractivity contribution >= 4 is 11.6 Å². The molecule has 2 aromatic rings. The van der Waals surface area contributed by atoms with E-state index in [9.17, 15) is 18.0 Å². The third-order valence-electron chi connectivity index (χ3n) is 5.58. The first kappa shape index (κ1) is 19.7. The Balaban J connectivity index is 1.31. The second kappa shape index (κ2) is 8.05. The van der Waals surface area contributed by atoms with Crippen LogP contribution in [0.5, 0.6) is 0 Å². The standard InChI is InChI=1S/C22H24F3N3O/c23-22(24,25)20-10-9-19(13-26-20)28-11-1-2-18(14-28)27-21(29)12-15-3-5-16(6-4-15)17-7-8-17/h3-6,9-10,13,17-18H,1-2,7-8,11-12,14H2,(H,27,29)/t18-/m1/s1. The molecule has 1 amide bonds. The highest BCUT2D eigenvalue weighted by atomic mass is 19.4. The lowest BCUT2D eigenvalue weighted by molar-refractivity contribution is -0.141. The fourth-order valence-corrected chi connectivity index (χ4v) is 3.86. The second-order valence-electron chi connectivity index (χ2n) is 7.94. The van der Waals surface area contributed by atoms with Crippen molar-refractivity contribution in [2.75, 3.05) is 18.0 Å². The highest BCUT2D eigenvalue weighted by Crippen LogP contribution is 2.39. The summed E-state index contributed by atoms with van der Waals surface area (Å²) in [5, 5.41) is 3.07. The van der Waals surface area contributed by atoms with Crippen molar-refractivity contribution in [3.05, 3.63) is 59.4 Å². The summed E-state index contributed by atoms with van der Waals surface area (Å²) in [7, 11) is 0. The van der Waals surface area contributed by atoms with E-state index in [1.807, 2.05) is 17.0 Å². The number of aromatic nitrogens is 1. The van der Waals surface area contributed by atoms with Gasteiger partial charge in [-0.3, -0.25) is 4.79 Å². The number of nitrogens with zero attached hydrogens (tertiary/aromatic N) is 2. The van der Waals surface area contributed by atoms with E-state index in [0.717, 1.165) is 31.0 Å². The van der Waals surface area contributed by atoms with Gasteiger partial charge in [-0.15, -0.1) is 0 Å². The van der Waals surface area contributed by atoms with Crippen LogP contribution < -0.4 is 10.2 Å². The second-order valence-corrected chi connectivity index (χ2v) is 7.94. The summed E-state index contributed by atoms with van der Waals surface area (Å²) < 4.78 is 38.1. The Morgan fingerprint density at radius 3 is 2.48 bits per heavy atom. The maximum Gasteiger partial charge on any atom is 0.433 e. The third kappa shape index (κ3) is 5.08. The Labute approximate surface area is 168 Å². The Morgan fingerprint density at radius 2 is 1.86 bits per heavy atom. The summed E-state index contributed by atoms with van der Waals surface area (Å²) in [6, 6.07) is 10.7. The Hall–Kier alpha value is -2.57. The molecule has 1 aliphatic heterocycles. The first-order valence-corrected chi connectivity index (χ1v) is 10.0. The molecule has 0 radical (unpaired) electrons. The van der Waals surface area contributed by atoms with E-state index in [1.165, 1.54) is 30.7 Å². The van der Waals surface area contributed by atoms with Gasteiger partial charge >= 0.3 is 6.18 Å². The van der Waals surface area contributed by atoms with Gasteiger partial charge in [-0.2, -0.15) is 13.2 Å². The molecule has 1 atom stereocenters. The van der Waals surface area contributed by atoms with Crippen molar-refractivity contribution in [3.8, 4) is 0 Å². The van der Waals surface area contributed by atoms with E-state index in [-0.39, 0.29) is 11.9 Å². The lowest BCUT2D eigenvalue weighted by Gasteiger charge is -2.34. The fraction of sp³-hybridized carbons (Fsp3) is 0.455. The van der Waals surface area contributed by atoms with Crippen LogP contribution in [0.15, 0.2) is 42.6 Å². The average Bonchev–Trinajstić information content (AvgIpc) is 3.53. The predicted molar refractivity (Wildman–Crippen MR) is 105 cm³/mol. The van der Waals surface area contributed by atoms with Gasteiger partial charge in [-0.25, -0.2) is 4.98 Å². The zero-order valence-corrected chi connectivity index (χ0v) is 16.1. The van der Waals surface area contributed by atoms with Crippen LogP contribution in [0.25, 0.3) is 0 Å². The summed E-state index contributed by atoms with van der Waals surface area (Å²) in [6.45, 7) is 1.31. The maximum absolute atomic E-state index is 12.7. The van der Waals surface area contributed by atoms with Gasteiger partial charge in [0.1, 0.15) is 5.69 Å². The van der Waals surface area contributed by atoms with Crippen molar-refractivity contribution in [1.29, 1.82) is 0 Å². The minimum Gasteiger partial charge on any atom is -0.368 e. The first-order chi connectivity index (χ1) is 13.9. The fourth-order valence-electron chi connectivity index (χ4n) is 3.86. The third-order valence-corrected chi connectivity index (χ3v) is 5.58. The number of halogens is 3. The molecule has 1 aromatic carbocycles. The minimum absolute atomic E-state index is 0.0238. The number of carbonyl (C=O) groups excluding carboxylic acids is 1. The number of piperidine rings is 1. The largest absolute Gasteiger partial charge is 0.433 e. The van der Waals surface area contributed by atoms with Crippen molar-refractivity contribution < 1.29 is 18.0 Å². The van der Waals surface area contributed by atoms with Crippen LogP contribution in [0, 0.1) is 0 Å². The smallest absolute Gasteiger partial charge is 0.368 e. The molecule has 29 heavy (non-hydrogen) atoms. The van der Waals surface area contributed by atoms with E-state index in [2.05, 4.69) is 22.4 Å². The molecule has 2 fully saturated rings. The van der Waals surface area contributed by atoms with Gasteiger partial charge in [0, 0.05) is 19.1 Å². The number of carbonyl (C=O) groups is 1. The zero-order chi connectivity index (χ0) is 20.4. The SMILES string of the molecule is O=C(Cc1ccc(C2CC2)cc1)N[C@@H]1CCCN(c2ccc(C(F)(F)F)nc2)C1. The van der Waals surface area contributed by atoms with Crippen LogP contribution in [0.2, 0.25) is 0 Å². The van der Waals surface area contributed by atoms with Gasteiger partial charge in [0.2, 0.25) is 5.91 Å². The number of nitrogens with one attached hydrogen (secondary N) is 1. The van der Waals surface area contributed by atoms with Crippen molar-refractivity contribution in [1.82, 2.24) is 10.3 Å². The zero-order valence-electron chi connectivity index (χ0n) is 16.1. The van der Waals surface area contributed by atoms with Crippen molar-refractivity contribution in [2.24, 2.45) is 0 Å². The number of amides is 1. The number of pyridine rings is 1. The molecule has 0 spiro atoms. The predicted octanol–water partition coefficient (Wildman–Crippen LogP) is 4.31. The molecule has 0 unspecified atom stereocenters.